The van der Waals surface area contributed by atoms with Crippen molar-refractivity contribution in [3.05, 3.63) is 52.8 Å². The van der Waals surface area contributed by atoms with Crippen molar-refractivity contribution in [3.63, 3.8) is 0 Å². The van der Waals surface area contributed by atoms with Crippen molar-refractivity contribution in [3.8, 4) is 5.75 Å². The lowest BCUT2D eigenvalue weighted by Gasteiger charge is -2.06. The molecule has 3 nitrogen and oxygen atoms in total. The number of aromatic nitrogens is 1. The minimum atomic E-state index is 0.0465. The number of rotatable bonds is 7. The summed E-state index contributed by atoms with van der Waals surface area (Å²) in [6.07, 6.45) is 4.14. The van der Waals surface area contributed by atoms with E-state index in [0.717, 1.165) is 15.8 Å². The summed E-state index contributed by atoms with van der Waals surface area (Å²) in [7, 11) is 0. The molecule has 0 unspecified atom stereocenters. The van der Waals surface area contributed by atoms with E-state index in [4.69, 9.17) is 4.74 Å². The number of Topliss-reactive ketones (excluding diaryl/α,β-unsaturated/α-hetero) is 1. The van der Waals surface area contributed by atoms with E-state index >= 15 is 0 Å². The van der Waals surface area contributed by atoms with Crippen LogP contribution in [0.1, 0.15) is 23.7 Å². The van der Waals surface area contributed by atoms with Crippen molar-refractivity contribution < 1.29 is 9.53 Å². The van der Waals surface area contributed by atoms with Crippen LogP contribution in [0.3, 0.4) is 0 Å². The van der Waals surface area contributed by atoms with E-state index in [1.54, 1.807) is 18.5 Å². The Morgan fingerprint density at radius 1 is 1.33 bits per heavy atom. The van der Waals surface area contributed by atoms with Gasteiger partial charge in [-0.25, -0.2) is 0 Å². The molecule has 0 bridgehead atoms. The minimum absolute atomic E-state index is 0.0465. The van der Waals surface area contributed by atoms with Crippen molar-refractivity contribution in [2.45, 2.75) is 18.2 Å². The third-order valence-electron chi connectivity index (χ3n) is 2.70. The summed E-state index contributed by atoms with van der Waals surface area (Å²) in [6, 6.07) is 9.62. The normalized spacial score (nSPS) is 10.4. The lowest BCUT2D eigenvalue weighted by molar-refractivity contribution is 0.102. The van der Waals surface area contributed by atoms with Gasteiger partial charge in [0.25, 0.3) is 0 Å². The number of thioether (sulfide) groups is 1. The van der Waals surface area contributed by atoms with Gasteiger partial charge in [0.15, 0.2) is 5.78 Å². The molecule has 0 saturated carbocycles. The number of hydrogen-bond acceptors (Lipinski definition) is 4. The van der Waals surface area contributed by atoms with Gasteiger partial charge >= 0.3 is 0 Å². The van der Waals surface area contributed by atoms with Crippen LogP contribution in [0, 0.1) is 0 Å². The molecule has 110 valence electrons. The van der Waals surface area contributed by atoms with E-state index in [1.165, 1.54) is 11.8 Å². The van der Waals surface area contributed by atoms with Crippen LogP contribution in [-0.2, 0) is 0 Å². The smallest absolute Gasteiger partial charge is 0.174 e. The highest BCUT2D eigenvalue weighted by atomic mass is 79.9. The van der Waals surface area contributed by atoms with Crippen LogP contribution in [0.4, 0.5) is 0 Å². The molecule has 21 heavy (non-hydrogen) atoms. The summed E-state index contributed by atoms with van der Waals surface area (Å²) in [5.74, 6) is 1.07. The molecule has 0 fully saturated rings. The maximum absolute atomic E-state index is 12.2. The van der Waals surface area contributed by atoms with Gasteiger partial charge < -0.3 is 4.74 Å². The minimum Gasteiger partial charge on any atom is -0.492 e. The van der Waals surface area contributed by atoms with Crippen LogP contribution in [0.25, 0.3) is 0 Å². The average molecular weight is 366 g/mol. The van der Waals surface area contributed by atoms with E-state index in [2.05, 4.69) is 20.9 Å². The zero-order valence-electron chi connectivity index (χ0n) is 11.7. The van der Waals surface area contributed by atoms with E-state index in [-0.39, 0.29) is 5.78 Å². The highest BCUT2D eigenvalue weighted by Crippen LogP contribution is 2.27. The first-order valence-electron chi connectivity index (χ1n) is 6.69. The lowest BCUT2D eigenvalue weighted by atomic mass is 10.2. The Balaban J connectivity index is 1.98. The topological polar surface area (TPSA) is 39.2 Å². The SMILES string of the molecule is CCCOc1cncc(C(=O)CSc2ccccc2Br)c1. The van der Waals surface area contributed by atoms with Crippen molar-refractivity contribution >= 4 is 33.5 Å². The molecule has 0 spiro atoms. The maximum atomic E-state index is 12.2. The predicted molar refractivity (Wildman–Crippen MR) is 89.2 cm³/mol. The first-order chi connectivity index (χ1) is 10.2. The van der Waals surface area contributed by atoms with Crippen LogP contribution >= 0.6 is 27.7 Å². The maximum Gasteiger partial charge on any atom is 0.174 e. The van der Waals surface area contributed by atoms with Crippen LogP contribution in [-0.4, -0.2) is 23.1 Å². The van der Waals surface area contributed by atoms with Gasteiger partial charge in [-0.3, -0.25) is 9.78 Å². The van der Waals surface area contributed by atoms with E-state index in [9.17, 15) is 4.79 Å². The molecule has 0 saturated heterocycles. The van der Waals surface area contributed by atoms with Gasteiger partial charge in [0.2, 0.25) is 0 Å². The molecule has 0 aliphatic carbocycles. The molecule has 0 aliphatic heterocycles. The molecule has 0 N–H and O–H groups in total. The summed E-state index contributed by atoms with van der Waals surface area (Å²) < 4.78 is 6.50. The van der Waals surface area contributed by atoms with Crippen LogP contribution in [0.5, 0.6) is 5.75 Å². The molecular formula is C16H16BrNO2S. The van der Waals surface area contributed by atoms with Gasteiger partial charge in [-0.15, -0.1) is 11.8 Å². The van der Waals surface area contributed by atoms with Gasteiger partial charge in [0, 0.05) is 21.1 Å². The predicted octanol–water partition coefficient (Wildman–Crippen LogP) is 4.61. The Labute approximate surface area is 137 Å². The third kappa shape index (κ3) is 4.86. The second-order valence-electron chi connectivity index (χ2n) is 4.40. The number of ether oxygens (including phenoxy) is 1. The van der Waals surface area contributed by atoms with E-state index < -0.39 is 0 Å². The number of nitrogens with zero attached hydrogens (tertiary/aromatic N) is 1. The number of pyridine rings is 1. The molecule has 1 heterocycles. The van der Waals surface area contributed by atoms with Crippen molar-refractivity contribution in [2.24, 2.45) is 0 Å². The molecule has 2 rings (SSSR count). The summed E-state index contributed by atoms with van der Waals surface area (Å²) in [5, 5.41) is 0. The molecular weight excluding hydrogens is 350 g/mol. The Bertz CT molecular complexity index is 619. The zero-order chi connectivity index (χ0) is 15.1. The second kappa shape index (κ2) is 8.20. The number of halogens is 1. The molecule has 2 aromatic rings. The molecule has 1 aromatic heterocycles. The van der Waals surface area contributed by atoms with Crippen molar-refractivity contribution in [2.75, 3.05) is 12.4 Å². The fraction of sp³-hybridized carbons (Fsp3) is 0.250. The molecule has 0 atom stereocenters. The molecule has 0 radical (unpaired) electrons. The Kier molecular flexibility index (Phi) is 6.26. The van der Waals surface area contributed by atoms with Crippen LogP contribution in [0.2, 0.25) is 0 Å². The quantitative estimate of drug-likeness (QED) is 0.530. The van der Waals surface area contributed by atoms with E-state index in [0.29, 0.717) is 23.7 Å². The van der Waals surface area contributed by atoms with Gasteiger partial charge in [-0.1, -0.05) is 19.1 Å². The fourth-order valence-electron chi connectivity index (χ4n) is 1.66. The molecule has 0 amide bonds. The summed E-state index contributed by atoms with van der Waals surface area (Å²) >= 11 is 4.99. The second-order valence-corrected chi connectivity index (χ2v) is 6.27. The summed E-state index contributed by atoms with van der Waals surface area (Å²) in [4.78, 5) is 17.3. The number of carbonyl (C=O) groups is 1. The lowest BCUT2D eigenvalue weighted by Crippen LogP contribution is -2.04. The van der Waals surface area contributed by atoms with Crippen molar-refractivity contribution in [1.29, 1.82) is 0 Å². The fourth-order valence-corrected chi connectivity index (χ4v) is 3.12. The van der Waals surface area contributed by atoms with Crippen molar-refractivity contribution in [1.82, 2.24) is 4.98 Å². The van der Waals surface area contributed by atoms with E-state index in [1.807, 2.05) is 31.2 Å². The summed E-state index contributed by atoms with van der Waals surface area (Å²) in [6.45, 7) is 2.67. The monoisotopic (exact) mass is 365 g/mol. The number of hydrogen-bond donors (Lipinski definition) is 0. The molecule has 5 heteroatoms. The highest BCUT2D eigenvalue weighted by molar-refractivity contribution is 9.10. The Morgan fingerprint density at radius 3 is 2.90 bits per heavy atom. The first kappa shape index (κ1) is 16.0. The summed E-state index contributed by atoms with van der Waals surface area (Å²) in [5.41, 5.74) is 0.586. The number of carbonyl (C=O) groups excluding carboxylic acids is 1. The number of benzene rings is 1. The largest absolute Gasteiger partial charge is 0.492 e. The molecule has 0 aliphatic rings. The van der Waals surface area contributed by atoms with Gasteiger partial charge in [0.05, 0.1) is 18.6 Å². The van der Waals surface area contributed by atoms with Gasteiger partial charge in [0.1, 0.15) is 5.75 Å². The highest BCUT2D eigenvalue weighted by Gasteiger charge is 2.09. The Morgan fingerprint density at radius 2 is 2.14 bits per heavy atom. The van der Waals surface area contributed by atoms with Crippen LogP contribution < -0.4 is 4.74 Å². The van der Waals surface area contributed by atoms with Gasteiger partial charge in [-0.05, 0) is 40.5 Å². The standard InChI is InChI=1S/C16H16BrNO2S/c1-2-7-20-13-8-12(9-18-10-13)15(19)11-21-16-6-4-3-5-14(16)17/h3-6,8-10H,2,7,11H2,1H3. The zero-order valence-corrected chi connectivity index (χ0v) is 14.1. The average Bonchev–Trinajstić information content (AvgIpc) is 2.52. The molecule has 1 aromatic carbocycles. The Hall–Kier alpha value is -1.33. The van der Waals surface area contributed by atoms with Crippen LogP contribution in [0.15, 0.2) is 52.1 Å². The third-order valence-corrected chi connectivity index (χ3v) is 4.73. The first-order valence-corrected chi connectivity index (χ1v) is 8.47. The number of ketones is 1. The van der Waals surface area contributed by atoms with Gasteiger partial charge in [-0.2, -0.15) is 0 Å².